The average molecular weight is 233 g/mol. The predicted octanol–water partition coefficient (Wildman–Crippen LogP) is 1.42. The molecule has 1 N–H and O–H groups in total. The molecule has 0 atom stereocenters. The molecule has 0 bridgehead atoms. The van der Waals surface area contributed by atoms with Crippen LogP contribution in [0, 0.1) is 5.41 Å². The van der Waals surface area contributed by atoms with Crippen LogP contribution in [0.4, 0.5) is 0 Å². The molecule has 0 aromatic heterocycles. The van der Waals surface area contributed by atoms with Gasteiger partial charge in [0.25, 0.3) is 0 Å². The molecule has 1 saturated carbocycles. The lowest BCUT2D eigenvalue weighted by molar-refractivity contribution is -0.134. The van der Waals surface area contributed by atoms with E-state index in [1.807, 2.05) is 0 Å². The molecular weight excluding hydrogens is 212 g/mol. The largest absolute Gasteiger partial charge is 0.338 e. The fourth-order valence-electron chi connectivity index (χ4n) is 2.25. The van der Waals surface area contributed by atoms with Gasteiger partial charge in [-0.1, -0.05) is 13.8 Å². The fraction of sp³-hybridized carbons (Fsp3) is 0.909. The van der Waals surface area contributed by atoms with Crippen LogP contribution in [0.5, 0.6) is 0 Å². The van der Waals surface area contributed by atoms with E-state index in [9.17, 15) is 4.79 Å². The number of nitrogens with zero attached hydrogens (tertiary/aromatic N) is 1. The van der Waals surface area contributed by atoms with E-state index < -0.39 is 0 Å². The van der Waals surface area contributed by atoms with Crippen LogP contribution < -0.4 is 5.32 Å². The van der Waals surface area contributed by atoms with Gasteiger partial charge in [-0.15, -0.1) is 12.4 Å². The van der Waals surface area contributed by atoms with Gasteiger partial charge in [0.2, 0.25) is 5.91 Å². The van der Waals surface area contributed by atoms with E-state index in [1.54, 1.807) is 0 Å². The zero-order valence-electron chi connectivity index (χ0n) is 9.58. The summed E-state index contributed by atoms with van der Waals surface area (Å²) in [5.74, 6) is 0.292. The zero-order valence-corrected chi connectivity index (χ0v) is 10.4. The molecule has 1 aliphatic carbocycles. The van der Waals surface area contributed by atoms with Crippen molar-refractivity contribution >= 4 is 18.3 Å². The minimum absolute atomic E-state index is 0. The quantitative estimate of drug-likeness (QED) is 0.742. The first-order chi connectivity index (χ1) is 6.58. The Bertz CT molecular complexity index is 239. The maximum Gasteiger partial charge on any atom is 0.236 e. The smallest absolute Gasteiger partial charge is 0.236 e. The third-order valence-electron chi connectivity index (χ3n) is 3.31. The molecule has 88 valence electrons. The molecular formula is C11H21ClN2O. The molecule has 4 heteroatoms. The molecule has 15 heavy (non-hydrogen) atoms. The van der Waals surface area contributed by atoms with Crippen LogP contribution >= 0.6 is 12.4 Å². The van der Waals surface area contributed by atoms with E-state index in [4.69, 9.17) is 0 Å². The Labute approximate surface area is 98.0 Å². The van der Waals surface area contributed by atoms with Gasteiger partial charge in [-0.3, -0.25) is 4.79 Å². The van der Waals surface area contributed by atoms with Crippen molar-refractivity contribution in [1.82, 2.24) is 10.2 Å². The summed E-state index contributed by atoms with van der Waals surface area (Å²) in [6.45, 7) is 6.85. The Morgan fingerprint density at radius 1 is 1.40 bits per heavy atom. The Morgan fingerprint density at radius 2 is 2.07 bits per heavy atom. The summed E-state index contributed by atoms with van der Waals surface area (Å²) in [6, 6.07) is 0.543. The first-order valence-electron chi connectivity index (χ1n) is 5.59. The lowest BCUT2D eigenvalue weighted by Gasteiger charge is -2.40. The van der Waals surface area contributed by atoms with Crippen LogP contribution in [0.15, 0.2) is 0 Å². The molecule has 2 aliphatic rings. The van der Waals surface area contributed by atoms with E-state index in [2.05, 4.69) is 24.1 Å². The minimum Gasteiger partial charge on any atom is -0.338 e. The topological polar surface area (TPSA) is 32.3 Å². The number of rotatable bonds is 1. The number of carbonyl (C=O) groups is 1. The molecule has 1 heterocycles. The van der Waals surface area contributed by atoms with Gasteiger partial charge in [0.1, 0.15) is 0 Å². The SMILES string of the molecule is CC1(C)CNCC(=O)N(C2CCC2)C1.Cl. The summed E-state index contributed by atoms with van der Waals surface area (Å²) < 4.78 is 0. The summed E-state index contributed by atoms with van der Waals surface area (Å²) in [7, 11) is 0. The molecule has 0 radical (unpaired) electrons. The van der Waals surface area contributed by atoms with E-state index in [0.717, 1.165) is 13.1 Å². The minimum atomic E-state index is 0. The monoisotopic (exact) mass is 232 g/mol. The van der Waals surface area contributed by atoms with E-state index in [1.165, 1.54) is 19.3 Å². The molecule has 0 aromatic carbocycles. The van der Waals surface area contributed by atoms with Gasteiger partial charge in [0, 0.05) is 19.1 Å². The van der Waals surface area contributed by atoms with Crippen LogP contribution in [0.2, 0.25) is 0 Å². The zero-order chi connectivity index (χ0) is 10.2. The number of nitrogens with one attached hydrogen (secondary N) is 1. The van der Waals surface area contributed by atoms with Gasteiger partial charge in [-0.2, -0.15) is 0 Å². The van der Waals surface area contributed by atoms with E-state index >= 15 is 0 Å². The first kappa shape index (κ1) is 12.8. The second-order valence-corrected chi connectivity index (χ2v) is 5.37. The highest BCUT2D eigenvalue weighted by atomic mass is 35.5. The third kappa shape index (κ3) is 2.85. The third-order valence-corrected chi connectivity index (χ3v) is 3.31. The summed E-state index contributed by atoms with van der Waals surface area (Å²) in [5, 5.41) is 3.23. The Morgan fingerprint density at radius 3 is 2.60 bits per heavy atom. The fourth-order valence-corrected chi connectivity index (χ4v) is 2.25. The van der Waals surface area contributed by atoms with Crippen molar-refractivity contribution in [2.75, 3.05) is 19.6 Å². The first-order valence-corrected chi connectivity index (χ1v) is 5.59. The number of hydrogen-bond donors (Lipinski definition) is 1. The molecule has 0 spiro atoms. The van der Waals surface area contributed by atoms with Crippen molar-refractivity contribution in [2.45, 2.75) is 39.2 Å². The van der Waals surface area contributed by atoms with Gasteiger partial charge in [0.15, 0.2) is 0 Å². The van der Waals surface area contributed by atoms with Crippen molar-refractivity contribution in [3.05, 3.63) is 0 Å². The highest BCUT2D eigenvalue weighted by Gasteiger charge is 2.34. The molecule has 2 fully saturated rings. The number of hydrogen-bond acceptors (Lipinski definition) is 2. The van der Waals surface area contributed by atoms with Crippen LogP contribution in [0.1, 0.15) is 33.1 Å². The number of halogens is 1. The second kappa shape index (κ2) is 4.71. The summed E-state index contributed by atoms with van der Waals surface area (Å²) >= 11 is 0. The molecule has 2 rings (SSSR count). The predicted molar refractivity (Wildman–Crippen MR) is 63.3 cm³/mol. The lowest BCUT2D eigenvalue weighted by atomic mass is 9.87. The summed E-state index contributed by atoms with van der Waals surface area (Å²) in [5.41, 5.74) is 0.224. The van der Waals surface area contributed by atoms with Crippen LogP contribution in [0.25, 0.3) is 0 Å². The van der Waals surface area contributed by atoms with Gasteiger partial charge < -0.3 is 10.2 Å². The van der Waals surface area contributed by atoms with Gasteiger partial charge in [-0.05, 0) is 24.7 Å². The molecule has 1 amide bonds. The highest BCUT2D eigenvalue weighted by Crippen LogP contribution is 2.29. The molecule has 3 nitrogen and oxygen atoms in total. The average Bonchev–Trinajstić information content (AvgIpc) is 2.08. The van der Waals surface area contributed by atoms with Gasteiger partial charge in [0.05, 0.1) is 6.54 Å². The standard InChI is InChI=1S/C11H20N2O.ClH/c1-11(2)7-12-6-10(14)13(8-11)9-4-3-5-9;/h9,12H,3-8H2,1-2H3;1H. The summed E-state index contributed by atoms with van der Waals surface area (Å²) in [4.78, 5) is 13.9. The van der Waals surface area contributed by atoms with Crippen molar-refractivity contribution in [1.29, 1.82) is 0 Å². The maximum absolute atomic E-state index is 11.8. The molecule has 1 saturated heterocycles. The Balaban J connectivity index is 0.00000112. The van der Waals surface area contributed by atoms with Crippen LogP contribution in [-0.4, -0.2) is 36.5 Å². The van der Waals surface area contributed by atoms with Crippen molar-refractivity contribution in [3.63, 3.8) is 0 Å². The van der Waals surface area contributed by atoms with Crippen LogP contribution in [-0.2, 0) is 4.79 Å². The normalized spacial score (nSPS) is 26.5. The van der Waals surface area contributed by atoms with Crippen molar-refractivity contribution in [3.8, 4) is 0 Å². The summed E-state index contributed by atoms with van der Waals surface area (Å²) in [6.07, 6.45) is 3.71. The number of carbonyl (C=O) groups excluding carboxylic acids is 1. The molecule has 1 aliphatic heterocycles. The Kier molecular flexibility index (Phi) is 4.01. The van der Waals surface area contributed by atoms with Gasteiger partial charge in [-0.25, -0.2) is 0 Å². The molecule has 0 aromatic rings. The van der Waals surface area contributed by atoms with Gasteiger partial charge >= 0.3 is 0 Å². The van der Waals surface area contributed by atoms with Crippen LogP contribution in [0.3, 0.4) is 0 Å². The van der Waals surface area contributed by atoms with Crippen molar-refractivity contribution < 1.29 is 4.79 Å². The molecule has 0 unspecified atom stereocenters. The van der Waals surface area contributed by atoms with E-state index in [-0.39, 0.29) is 17.8 Å². The van der Waals surface area contributed by atoms with Crippen molar-refractivity contribution in [2.24, 2.45) is 5.41 Å². The van der Waals surface area contributed by atoms with E-state index in [0.29, 0.717) is 18.5 Å². The maximum atomic E-state index is 11.8. The number of amides is 1. The Hall–Kier alpha value is -0.280. The second-order valence-electron chi connectivity index (χ2n) is 5.37. The lowest BCUT2D eigenvalue weighted by Crippen LogP contribution is -2.48. The highest BCUT2D eigenvalue weighted by molar-refractivity contribution is 5.85.